The van der Waals surface area contributed by atoms with Crippen LogP contribution in [0.1, 0.15) is 42.6 Å². The van der Waals surface area contributed by atoms with E-state index in [-0.39, 0.29) is 18.4 Å². The van der Waals surface area contributed by atoms with Crippen molar-refractivity contribution in [2.75, 3.05) is 31.1 Å². The van der Waals surface area contributed by atoms with Crippen molar-refractivity contribution >= 4 is 17.6 Å². The molecule has 2 heterocycles. The minimum Gasteiger partial charge on any atom is -0.494 e. The average molecular weight is 411 g/mol. The highest BCUT2D eigenvalue weighted by Crippen LogP contribution is 2.21. The van der Waals surface area contributed by atoms with Gasteiger partial charge in [0.2, 0.25) is 5.91 Å². The highest BCUT2D eigenvalue weighted by Gasteiger charge is 2.16. The normalized spacial score (nSPS) is 14.3. The van der Waals surface area contributed by atoms with Gasteiger partial charge in [0.1, 0.15) is 11.6 Å². The number of anilines is 1. The SMILES string of the molecule is CCOc1ccc(C(=O)NCC(=O)NCc2ccc(N3CCC(C)CC3)nc2)cc1. The van der Waals surface area contributed by atoms with Crippen LogP contribution in [0.15, 0.2) is 42.6 Å². The summed E-state index contributed by atoms with van der Waals surface area (Å²) in [6.07, 6.45) is 4.19. The second-order valence-corrected chi connectivity index (χ2v) is 7.61. The Morgan fingerprint density at radius 3 is 2.47 bits per heavy atom. The summed E-state index contributed by atoms with van der Waals surface area (Å²) >= 11 is 0. The number of carbonyl (C=O) groups is 2. The van der Waals surface area contributed by atoms with Crippen LogP contribution in [0.3, 0.4) is 0 Å². The van der Waals surface area contributed by atoms with Crippen LogP contribution in [0.4, 0.5) is 5.82 Å². The summed E-state index contributed by atoms with van der Waals surface area (Å²) in [5.41, 5.74) is 1.41. The molecule has 3 rings (SSSR count). The molecule has 0 unspecified atom stereocenters. The first-order valence-corrected chi connectivity index (χ1v) is 10.5. The van der Waals surface area contributed by atoms with E-state index in [0.29, 0.717) is 24.5 Å². The van der Waals surface area contributed by atoms with Crippen LogP contribution in [0, 0.1) is 5.92 Å². The second-order valence-electron chi connectivity index (χ2n) is 7.61. The van der Waals surface area contributed by atoms with E-state index in [0.717, 1.165) is 30.4 Å². The molecule has 1 aromatic heterocycles. The third-order valence-corrected chi connectivity index (χ3v) is 5.24. The molecule has 1 fully saturated rings. The molecule has 7 nitrogen and oxygen atoms in total. The number of nitrogens with zero attached hydrogens (tertiary/aromatic N) is 2. The third kappa shape index (κ3) is 6.20. The van der Waals surface area contributed by atoms with Crippen LogP contribution in [0.2, 0.25) is 0 Å². The van der Waals surface area contributed by atoms with Gasteiger partial charge in [0.15, 0.2) is 0 Å². The number of ether oxygens (including phenoxy) is 1. The second kappa shape index (κ2) is 10.6. The molecular formula is C23H30N4O3. The smallest absolute Gasteiger partial charge is 0.251 e. The first-order chi connectivity index (χ1) is 14.5. The van der Waals surface area contributed by atoms with Gasteiger partial charge in [-0.1, -0.05) is 13.0 Å². The van der Waals surface area contributed by atoms with E-state index in [1.165, 1.54) is 12.8 Å². The van der Waals surface area contributed by atoms with Crippen LogP contribution in [0.25, 0.3) is 0 Å². The summed E-state index contributed by atoms with van der Waals surface area (Å²) in [4.78, 5) is 31.1. The Bertz CT molecular complexity index is 829. The first-order valence-electron chi connectivity index (χ1n) is 10.5. The fourth-order valence-corrected chi connectivity index (χ4v) is 3.34. The molecule has 2 aromatic rings. The van der Waals surface area contributed by atoms with E-state index in [9.17, 15) is 9.59 Å². The van der Waals surface area contributed by atoms with E-state index in [2.05, 4.69) is 27.4 Å². The Hall–Kier alpha value is -3.09. The molecule has 30 heavy (non-hydrogen) atoms. The number of carbonyl (C=O) groups excluding carboxylic acids is 2. The topological polar surface area (TPSA) is 83.6 Å². The van der Waals surface area contributed by atoms with E-state index < -0.39 is 0 Å². The molecule has 2 amide bonds. The minimum atomic E-state index is -0.296. The number of amides is 2. The van der Waals surface area contributed by atoms with E-state index in [1.54, 1.807) is 30.5 Å². The molecule has 1 aliphatic rings. The van der Waals surface area contributed by atoms with Gasteiger partial charge in [0.25, 0.3) is 5.91 Å². The molecule has 0 saturated carbocycles. The first kappa shape index (κ1) is 21.6. The number of hydrogen-bond donors (Lipinski definition) is 2. The lowest BCUT2D eigenvalue weighted by Gasteiger charge is -2.31. The van der Waals surface area contributed by atoms with Gasteiger partial charge in [-0.25, -0.2) is 4.98 Å². The zero-order valence-corrected chi connectivity index (χ0v) is 17.7. The molecule has 0 atom stereocenters. The van der Waals surface area contributed by atoms with Gasteiger partial charge in [-0.05, 0) is 61.6 Å². The van der Waals surface area contributed by atoms with Crippen molar-refractivity contribution in [2.24, 2.45) is 5.92 Å². The van der Waals surface area contributed by atoms with Gasteiger partial charge in [0.05, 0.1) is 13.2 Å². The van der Waals surface area contributed by atoms with Crippen LogP contribution >= 0.6 is 0 Å². The van der Waals surface area contributed by atoms with Crippen LogP contribution < -0.4 is 20.3 Å². The Labute approximate surface area is 177 Å². The Morgan fingerprint density at radius 1 is 1.10 bits per heavy atom. The van der Waals surface area contributed by atoms with Crippen LogP contribution in [0.5, 0.6) is 5.75 Å². The van der Waals surface area contributed by atoms with E-state index in [4.69, 9.17) is 4.74 Å². The standard InChI is InChI=1S/C23H30N4O3/c1-3-30-20-7-5-19(6-8-20)23(29)26-16-22(28)25-15-18-4-9-21(24-14-18)27-12-10-17(2)11-13-27/h4-9,14,17H,3,10-13,15-16H2,1-2H3,(H,25,28)(H,26,29). The summed E-state index contributed by atoms with van der Waals surface area (Å²) in [7, 11) is 0. The van der Waals surface area contributed by atoms with Crippen molar-refractivity contribution in [3.8, 4) is 5.75 Å². The number of aromatic nitrogens is 1. The lowest BCUT2D eigenvalue weighted by atomic mass is 9.99. The zero-order valence-electron chi connectivity index (χ0n) is 17.7. The number of pyridine rings is 1. The molecule has 0 radical (unpaired) electrons. The maximum absolute atomic E-state index is 12.2. The van der Waals surface area contributed by atoms with Crippen molar-refractivity contribution in [1.29, 1.82) is 0 Å². The van der Waals surface area contributed by atoms with Crippen molar-refractivity contribution in [1.82, 2.24) is 15.6 Å². The molecule has 160 valence electrons. The summed E-state index contributed by atoms with van der Waals surface area (Å²) in [6.45, 7) is 7.14. The minimum absolute atomic E-state index is 0.0798. The molecule has 2 N–H and O–H groups in total. The average Bonchev–Trinajstić information content (AvgIpc) is 2.78. The number of nitrogens with one attached hydrogen (secondary N) is 2. The predicted octanol–water partition coefficient (Wildman–Crippen LogP) is 2.76. The van der Waals surface area contributed by atoms with Crippen LogP contribution in [-0.2, 0) is 11.3 Å². The van der Waals surface area contributed by atoms with Gasteiger partial charge in [-0.15, -0.1) is 0 Å². The fraction of sp³-hybridized carbons (Fsp3) is 0.435. The summed E-state index contributed by atoms with van der Waals surface area (Å²) < 4.78 is 5.36. The monoisotopic (exact) mass is 410 g/mol. The van der Waals surface area contributed by atoms with Gasteiger partial charge in [-0.2, -0.15) is 0 Å². The number of rotatable bonds is 8. The van der Waals surface area contributed by atoms with Crippen molar-refractivity contribution in [2.45, 2.75) is 33.2 Å². The Balaban J connectivity index is 1.40. The summed E-state index contributed by atoms with van der Waals surface area (Å²) in [5.74, 6) is 1.94. The lowest BCUT2D eigenvalue weighted by molar-refractivity contribution is -0.120. The van der Waals surface area contributed by atoms with E-state index >= 15 is 0 Å². The molecule has 0 bridgehead atoms. The molecule has 1 saturated heterocycles. The molecule has 7 heteroatoms. The van der Waals surface area contributed by atoms with Gasteiger partial charge < -0.3 is 20.3 Å². The predicted molar refractivity (Wildman–Crippen MR) is 117 cm³/mol. The summed E-state index contributed by atoms with van der Waals surface area (Å²) in [6, 6.07) is 10.8. The Morgan fingerprint density at radius 2 is 1.83 bits per heavy atom. The van der Waals surface area contributed by atoms with E-state index in [1.807, 2.05) is 19.1 Å². The maximum Gasteiger partial charge on any atom is 0.251 e. The van der Waals surface area contributed by atoms with Crippen molar-refractivity contribution in [3.05, 3.63) is 53.7 Å². The Kier molecular flexibility index (Phi) is 7.65. The van der Waals surface area contributed by atoms with Crippen LogP contribution in [-0.4, -0.2) is 43.0 Å². The quantitative estimate of drug-likeness (QED) is 0.699. The number of benzene rings is 1. The molecule has 1 aliphatic heterocycles. The van der Waals surface area contributed by atoms with Crippen molar-refractivity contribution in [3.63, 3.8) is 0 Å². The maximum atomic E-state index is 12.2. The molecule has 0 aliphatic carbocycles. The highest BCUT2D eigenvalue weighted by atomic mass is 16.5. The van der Waals surface area contributed by atoms with Gasteiger partial charge in [0, 0.05) is 31.4 Å². The highest BCUT2D eigenvalue weighted by molar-refractivity contribution is 5.96. The molecule has 0 spiro atoms. The molecular weight excluding hydrogens is 380 g/mol. The summed E-state index contributed by atoms with van der Waals surface area (Å²) in [5, 5.41) is 5.44. The van der Waals surface area contributed by atoms with Gasteiger partial charge >= 0.3 is 0 Å². The number of hydrogen-bond acceptors (Lipinski definition) is 5. The zero-order chi connectivity index (χ0) is 21.3. The number of piperidine rings is 1. The molecule has 1 aromatic carbocycles. The van der Waals surface area contributed by atoms with Gasteiger partial charge in [-0.3, -0.25) is 9.59 Å². The lowest BCUT2D eigenvalue weighted by Crippen LogP contribution is -2.36. The largest absolute Gasteiger partial charge is 0.494 e. The third-order valence-electron chi connectivity index (χ3n) is 5.24. The van der Waals surface area contributed by atoms with Crippen molar-refractivity contribution < 1.29 is 14.3 Å². The fourth-order valence-electron chi connectivity index (χ4n) is 3.34.